The molecule has 1 saturated carbocycles. The third kappa shape index (κ3) is 4.80. The Morgan fingerprint density at radius 2 is 2.04 bits per heavy atom. The van der Waals surface area contributed by atoms with Gasteiger partial charge in [0.15, 0.2) is 5.82 Å². The van der Waals surface area contributed by atoms with Crippen LogP contribution in [0.25, 0.3) is 0 Å². The molecule has 1 N–H and O–H groups in total. The van der Waals surface area contributed by atoms with Crippen LogP contribution in [0, 0.1) is 0 Å². The molecule has 1 aliphatic rings. The van der Waals surface area contributed by atoms with E-state index in [-0.39, 0.29) is 6.10 Å². The molecule has 1 heterocycles. The molecule has 1 aromatic heterocycles. The van der Waals surface area contributed by atoms with Crippen molar-refractivity contribution in [2.45, 2.75) is 64.3 Å². The van der Waals surface area contributed by atoms with Gasteiger partial charge >= 0.3 is 0 Å². The minimum Gasteiger partial charge on any atom is -0.497 e. The summed E-state index contributed by atoms with van der Waals surface area (Å²) in [6, 6.07) is 8.55. The zero-order chi connectivity index (χ0) is 17.6. The molecule has 25 heavy (non-hydrogen) atoms. The van der Waals surface area contributed by atoms with Gasteiger partial charge in [0.2, 0.25) is 5.89 Å². The second-order valence-electron chi connectivity index (χ2n) is 6.68. The van der Waals surface area contributed by atoms with Crippen molar-refractivity contribution >= 4 is 0 Å². The minimum atomic E-state index is -0.162. The van der Waals surface area contributed by atoms with Gasteiger partial charge in [-0.3, -0.25) is 4.90 Å². The van der Waals surface area contributed by atoms with Crippen LogP contribution in [0.4, 0.5) is 0 Å². The van der Waals surface area contributed by atoms with Gasteiger partial charge in [-0.1, -0.05) is 24.2 Å². The fraction of sp³-hybridized carbons (Fsp3) is 0.579. The van der Waals surface area contributed by atoms with Crippen LogP contribution >= 0.6 is 0 Å². The van der Waals surface area contributed by atoms with E-state index in [0.29, 0.717) is 18.5 Å². The summed E-state index contributed by atoms with van der Waals surface area (Å²) in [4.78, 5) is 6.84. The molecule has 0 spiro atoms. The van der Waals surface area contributed by atoms with E-state index in [9.17, 15) is 5.11 Å². The number of hydrogen-bond acceptors (Lipinski definition) is 6. The Morgan fingerprint density at radius 3 is 2.72 bits per heavy atom. The Kier molecular flexibility index (Phi) is 6.04. The summed E-state index contributed by atoms with van der Waals surface area (Å²) in [5, 5.41) is 13.8. The Morgan fingerprint density at radius 1 is 1.24 bits per heavy atom. The Bertz CT molecular complexity index is 665. The zero-order valence-corrected chi connectivity index (χ0v) is 15.0. The van der Waals surface area contributed by atoms with E-state index in [1.807, 2.05) is 19.1 Å². The minimum absolute atomic E-state index is 0.162. The number of hydrogen-bond donors (Lipinski definition) is 1. The average molecular weight is 345 g/mol. The van der Waals surface area contributed by atoms with Gasteiger partial charge in [0.05, 0.1) is 19.8 Å². The van der Waals surface area contributed by atoms with Crippen molar-refractivity contribution < 1.29 is 14.4 Å². The number of rotatable bonds is 7. The predicted molar refractivity (Wildman–Crippen MR) is 94.2 cm³/mol. The second-order valence-corrected chi connectivity index (χ2v) is 6.68. The van der Waals surface area contributed by atoms with Gasteiger partial charge in [-0.2, -0.15) is 4.98 Å². The topological polar surface area (TPSA) is 71.6 Å². The molecule has 0 unspecified atom stereocenters. The molecule has 1 fully saturated rings. The molecule has 1 aliphatic carbocycles. The first-order chi connectivity index (χ1) is 12.2. The highest BCUT2D eigenvalue weighted by Gasteiger charge is 2.26. The van der Waals surface area contributed by atoms with Crippen molar-refractivity contribution in [1.82, 2.24) is 15.0 Å². The molecule has 1 aromatic carbocycles. The van der Waals surface area contributed by atoms with Crippen LogP contribution in [-0.4, -0.2) is 39.4 Å². The molecular weight excluding hydrogens is 318 g/mol. The molecule has 0 aliphatic heterocycles. The molecule has 2 aromatic rings. The Balaban J connectivity index is 1.75. The lowest BCUT2D eigenvalue weighted by Gasteiger charge is -2.35. The summed E-state index contributed by atoms with van der Waals surface area (Å²) in [5.74, 6) is 2.27. The van der Waals surface area contributed by atoms with E-state index >= 15 is 0 Å². The highest BCUT2D eigenvalue weighted by molar-refractivity contribution is 5.28. The summed E-state index contributed by atoms with van der Waals surface area (Å²) in [6.07, 6.45) is 4.28. The summed E-state index contributed by atoms with van der Waals surface area (Å²) >= 11 is 0. The van der Waals surface area contributed by atoms with Crippen LogP contribution < -0.4 is 4.74 Å². The van der Waals surface area contributed by atoms with Crippen molar-refractivity contribution in [2.75, 3.05) is 7.11 Å². The third-order valence-corrected chi connectivity index (χ3v) is 4.87. The lowest BCUT2D eigenvalue weighted by atomic mass is 9.91. The van der Waals surface area contributed by atoms with Gasteiger partial charge in [-0.05, 0) is 43.4 Å². The summed E-state index contributed by atoms with van der Waals surface area (Å²) in [7, 11) is 1.68. The molecule has 6 heteroatoms. The van der Waals surface area contributed by atoms with Crippen molar-refractivity contribution in [1.29, 1.82) is 0 Å². The first-order valence-electron chi connectivity index (χ1n) is 9.04. The van der Waals surface area contributed by atoms with Crippen molar-refractivity contribution in [3.8, 4) is 5.75 Å². The molecule has 3 rings (SSSR count). The second kappa shape index (κ2) is 8.45. The molecule has 6 nitrogen and oxygen atoms in total. The number of ether oxygens (including phenoxy) is 1. The summed E-state index contributed by atoms with van der Waals surface area (Å²) in [6.45, 7) is 3.44. The number of methoxy groups -OCH3 is 1. The van der Waals surface area contributed by atoms with E-state index in [1.165, 1.54) is 5.56 Å². The largest absolute Gasteiger partial charge is 0.497 e. The number of nitrogens with zero attached hydrogens (tertiary/aromatic N) is 3. The SMILES string of the molecule is CCc1noc(CN(Cc2cccc(OC)c2)C2CCC(O)CC2)n1. The zero-order valence-electron chi connectivity index (χ0n) is 15.0. The van der Waals surface area contributed by atoms with Gasteiger partial charge in [0.1, 0.15) is 5.75 Å². The maximum absolute atomic E-state index is 9.82. The number of aromatic nitrogens is 2. The number of benzene rings is 1. The molecule has 0 amide bonds. The predicted octanol–water partition coefficient (Wildman–Crippen LogP) is 2.95. The summed E-state index contributed by atoms with van der Waals surface area (Å²) in [5.41, 5.74) is 1.20. The average Bonchev–Trinajstić information content (AvgIpc) is 3.10. The fourth-order valence-corrected chi connectivity index (χ4v) is 3.41. The Labute approximate surface area is 148 Å². The van der Waals surface area contributed by atoms with Crippen LogP contribution in [0.2, 0.25) is 0 Å². The van der Waals surface area contributed by atoms with Crippen LogP contribution in [0.15, 0.2) is 28.8 Å². The van der Waals surface area contributed by atoms with Crippen molar-refractivity contribution in [3.63, 3.8) is 0 Å². The van der Waals surface area contributed by atoms with Gasteiger partial charge < -0.3 is 14.4 Å². The molecule has 0 atom stereocenters. The van der Waals surface area contributed by atoms with Gasteiger partial charge in [0, 0.05) is 19.0 Å². The van der Waals surface area contributed by atoms with E-state index in [1.54, 1.807) is 7.11 Å². The lowest BCUT2D eigenvalue weighted by Crippen LogP contribution is -2.38. The number of aliphatic hydroxyl groups is 1. The maximum atomic E-state index is 9.82. The van der Waals surface area contributed by atoms with E-state index in [4.69, 9.17) is 9.26 Å². The molecule has 0 radical (unpaired) electrons. The van der Waals surface area contributed by atoms with E-state index < -0.39 is 0 Å². The van der Waals surface area contributed by atoms with Crippen molar-refractivity contribution in [2.24, 2.45) is 0 Å². The van der Waals surface area contributed by atoms with Crippen LogP contribution in [-0.2, 0) is 19.5 Å². The molecule has 136 valence electrons. The van der Waals surface area contributed by atoms with Gasteiger partial charge in [0.25, 0.3) is 0 Å². The van der Waals surface area contributed by atoms with E-state index in [2.05, 4.69) is 27.2 Å². The smallest absolute Gasteiger partial charge is 0.240 e. The number of aryl methyl sites for hydroxylation is 1. The molecule has 0 saturated heterocycles. The highest BCUT2D eigenvalue weighted by atomic mass is 16.5. The normalized spacial score (nSPS) is 20.8. The quantitative estimate of drug-likeness (QED) is 0.832. The van der Waals surface area contributed by atoms with Crippen molar-refractivity contribution in [3.05, 3.63) is 41.5 Å². The first-order valence-corrected chi connectivity index (χ1v) is 9.04. The van der Waals surface area contributed by atoms with Crippen LogP contribution in [0.5, 0.6) is 5.75 Å². The summed E-state index contributed by atoms with van der Waals surface area (Å²) < 4.78 is 10.7. The maximum Gasteiger partial charge on any atom is 0.240 e. The van der Waals surface area contributed by atoms with Crippen LogP contribution in [0.1, 0.15) is 49.9 Å². The standard InChI is InChI=1S/C19H27N3O3/c1-3-18-20-19(25-21-18)13-22(15-7-9-16(23)10-8-15)12-14-5-4-6-17(11-14)24-2/h4-6,11,15-16,23H,3,7-10,12-13H2,1-2H3. The molecular formula is C19H27N3O3. The lowest BCUT2D eigenvalue weighted by molar-refractivity contribution is 0.0613. The van der Waals surface area contributed by atoms with Gasteiger partial charge in [-0.15, -0.1) is 0 Å². The number of aliphatic hydroxyl groups excluding tert-OH is 1. The van der Waals surface area contributed by atoms with Crippen LogP contribution in [0.3, 0.4) is 0 Å². The monoisotopic (exact) mass is 345 g/mol. The molecule has 0 bridgehead atoms. The third-order valence-electron chi connectivity index (χ3n) is 4.87. The first kappa shape index (κ1) is 17.9. The Hall–Kier alpha value is -1.92. The fourth-order valence-electron chi connectivity index (χ4n) is 3.41. The van der Waals surface area contributed by atoms with Gasteiger partial charge in [-0.25, -0.2) is 0 Å². The van der Waals surface area contributed by atoms with E-state index in [0.717, 1.165) is 50.2 Å². The highest BCUT2D eigenvalue weighted by Crippen LogP contribution is 2.26.